The fraction of sp³-hybridized carbons (Fsp3) is 0.643. The van der Waals surface area contributed by atoms with Gasteiger partial charge in [0, 0.05) is 26.4 Å². The van der Waals surface area contributed by atoms with Crippen molar-refractivity contribution in [2.24, 2.45) is 11.8 Å². The molecule has 0 saturated heterocycles. The Hall–Kier alpha value is -1.85. The number of carbonyl (C=O) groups excluding carboxylic acids is 2. The molecule has 0 radical (unpaired) electrons. The Labute approximate surface area is 119 Å². The minimum atomic E-state index is -0.924. The van der Waals surface area contributed by atoms with Crippen molar-refractivity contribution in [3.05, 3.63) is 12.2 Å². The Morgan fingerprint density at radius 1 is 1.30 bits per heavy atom. The van der Waals surface area contributed by atoms with Crippen LogP contribution in [0.1, 0.15) is 27.2 Å². The number of nitrogens with zero attached hydrogens (tertiary/aromatic N) is 1. The molecule has 0 heterocycles. The zero-order valence-corrected chi connectivity index (χ0v) is 12.6. The largest absolute Gasteiger partial charge is 0.481 e. The van der Waals surface area contributed by atoms with E-state index in [0.717, 1.165) is 5.57 Å². The van der Waals surface area contributed by atoms with Gasteiger partial charge in [0.25, 0.3) is 0 Å². The van der Waals surface area contributed by atoms with Crippen LogP contribution in [0, 0.1) is 11.8 Å². The van der Waals surface area contributed by atoms with Gasteiger partial charge in [-0.05, 0) is 5.92 Å². The summed E-state index contributed by atoms with van der Waals surface area (Å²) in [7, 11) is 1.53. The highest BCUT2D eigenvalue weighted by Crippen LogP contribution is 2.20. The smallest absolute Gasteiger partial charge is 0.304 e. The first kappa shape index (κ1) is 18.1. The molecule has 1 unspecified atom stereocenters. The molecule has 0 aliphatic carbocycles. The van der Waals surface area contributed by atoms with Gasteiger partial charge in [0.15, 0.2) is 0 Å². The second kappa shape index (κ2) is 8.35. The molecule has 0 saturated carbocycles. The molecule has 114 valence electrons. The molecular weight excluding hydrogens is 260 g/mol. The van der Waals surface area contributed by atoms with Gasteiger partial charge in [-0.3, -0.25) is 14.4 Å². The summed E-state index contributed by atoms with van der Waals surface area (Å²) in [4.78, 5) is 34.8. The van der Waals surface area contributed by atoms with Crippen LogP contribution in [0.4, 0.5) is 0 Å². The van der Waals surface area contributed by atoms with Crippen LogP contribution in [0.3, 0.4) is 0 Å². The lowest BCUT2D eigenvalue weighted by molar-refractivity contribution is -0.138. The first-order chi connectivity index (χ1) is 9.15. The molecule has 0 rings (SSSR count). The number of likely N-dealkylation sites (N-methyl/N-ethyl adjacent to an activating group) is 1. The van der Waals surface area contributed by atoms with E-state index in [0.29, 0.717) is 0 Å². The van der Waals surface area contributed by atoms with Crippen molar-refractivity contribution >= 4 is 17.8 Å². The second-order valence-electron chi connectivity index (χ2n) is 5.20. The van der Waals surface area contributed by atoms with E-state index >= 15 is 0 Å². The summed E-state index contributed by atoms with van der Waals surface area (Å²) in [5, 5.41) is 11.5. The maximum absolute atomic E-state index is 11.7. The van der Waals surface area contributed by atoms with E-state index in [-0.39, 0.29) is 43.2 Å². The molecule has 0 aromatic heterocycles. The zero-order chi connectivity index (χ0) is 15.9. The van der Waals surface area contributed by atoms with Gasteiger partial charge in [0.05, 0.1) is 13.0 Å². The van der Waals surface area contributed by atoms with Gasteiger partial charge in [-0.15, -0.1) is 0 Å². The molecule has 6 heteroatoms. The number of carbonyl (C=O) groups is 3. The molecule has 0 aromatic rings. The molecule has 0 spiro atoms. The number of aliphatic carboxylic acids is 1. The van der Waals surface area contributed by atoms with Crippen molar-refractivity contribution in [3.8, 4) is 0 Å². The Morgan fingerprint density at radius 2 is 1.85 bits per heavy atom. The van der Waals surface area contributed by atoms with Crippen molar-refractivity contribution in [3.63, 3.8) is 0 Å². The fourth-order valence-electron chi connectivity index (χ4n) is 1.64. The van der Waals surface area contributed by atoms with Gasteiger partial charge in [-0.25, -0.2) is 0 Å². The Morgan fingerprint density at radius 3 is 2.25 bits per heavy atom. The molecule has 2 N–H and O–H groups in total. The number of hydrogen-bond donors (Lipinski definition) is 2. The van der Waals surface area contributed by atoms with E-state index in [4.69, 9.17) is 5.11 Å². The lowest BCUT2D eigenvalue weighted by Crippen LogP contribution is -2.40. The third-order valence-corrected chi connectivity index (χ3v) is 3.15. The summed E-state index contributed by atoms with van der Waals surface area (Å²) in [6.45, 7) is 9.32. The van der Waals surface area contributed by atoms with Gasteiger partial charge >= 0.3 is 5.97 Å². The summed E-state index contributed by atoms with van der Waals surface area (Å²) in [6, 6.07) is 0. The van der Waals surface area contributed by atoms with Crippen LogP contribution in [0.15, 0.2) is 12.2 Å². The summed E-state index contributed by atoms with van der Waals surface area (Å²) < 4.78 is 0. The number of rotatable bonds is 8. The molecule has 20 heavy (non-hydrogen) atoms. The van der Waals surface area contributed by atoms with Crippen LogP contribution >= 0.6 is 0 Å². The van der Waals surface area contributed by atoms with Gasteiger partial charge in [0.2, 0.25) is 11.8 Å². The first-order valence-corrected chi connectivity index (χ1v) is 6.54. The molecule has 0 aliphatic rings. The molecule has 2 amide bonds. The highest BCUT2D eigenvalue weighted by molar-refractivity contribution is 5.83. The molecular formula is C14H24N2O4. The van der Waals surface area contributed by atoms with E-state index in [1.165, 1.54) is 18.9 Å². The van der Waals surface area contributed by atoms with Gasteiger partial charge in [0.1, 0.15) is 0 Å². The first-order valence-electron chi connectivity index (χ1n) is 6.54. The van der Waals surface area contributed by atoms with Crippen molar-refractivity contribution in [2.45, 2.75) is 27.2 Å². The predicted octanol–water partition coefficient (Wildman–Crippen LogP) is 0.884. The predicted molar refractivity (Wildman–Crippen MR) is 76.0 cm³/mol. The summed E-state index contributed by atoms with van der Waals surface area (Å²) in [5.74, 6) is -1.59. The van der Waals surface area contributed by atoms with Gasteiger partial charge in [-0.1, -0.05) is 26.0 Å². The van der Waals surface area contributed by atoms with Gasteiger partial charge in [-0.2, -0.15) is 0 Å². The molecule has 0 aromatic carbocycles. The highest BCUT2D eigenvalue weighted by atomic mass is 16.4. The molecule has 0 fully saturated rings. The number of carboxylic acids is 1. The van der Waals surface area contributed by atoms with E-state index < -0.39 is 5.97 Å². The molecule has 0 aliphatic heterocycles. The quantitative estimate of drug-likeness (QED) is 0.648. The minimum Gasteiger partial charge on any atom is -0.481 e. The Kier molecular flexibility index (Phi) is 7.57. The SMILES string of the molecule is C=C(C(C)C)C(CNC(=O)CN(C)C(C)=O)CC(=O)O. The monoisotopic (exact) mass is 284 g/mol. The number of nitrogens with one attached hydrogen (secondary N) is 1. The van der Waals surface area contributed by atoms with E-state index in [9.17, 15) is 14.4 Å². The zero-order valence-electron chi connectivity index (χ0n) is 12.6. The van der Waals surface area contributed by atoms with Crippen LogP contribution in [-0.2, 0) is 14.4 Å². The van der Waals surface area contributed by atoms with Crippen molar-refractivity contribution in [1.82, 2.24) is 10.2 Å². The minimum absolute atomic E-state index is 0.0384. The average molecular weight is 284 g/mol. The van der Waals surface area contributed by atoms with Crippen molar-refractivity contribution in [2.75, 3.05) is 20.1 Å². The maximum Gasteiger partial charge on any atom is 0.304 e. The third-order valence-electron chi connectivity index (χ3n) is 3.15. The summed E-state index contributed by atoms with van der Waals surface area (Å²) in [5.41, 5.74) is 0.799. The molecule has 0 bridgehead atoms. The Bertz CT molecular complexity index is 391. The van der Waals surface area contributed by atoms with Gasteiger partial charge < -0.3 is 15.3 Å². The molecule has 6 nitrogen and oxygen atoms in total. The van der Waals surface area contributed by atoms with Crippen LogP contribution in [0.2, 0.25) is 0 Å². The number of carboxylic acid groups (broad SMARTS) is 1. The lowest BCUT2D eigenvalue weighted by Gasteiger charge is -2.22. The summed E-state index contributed by atoms with van der Waals surface area (Å²) >= 11 is 0. The topological polar surface area (TPSA) is 86.7 Å². The van der Waals surface area contributed by atoms with E-state index in [1.54, 1.807) is 0 Å². The number of amides is 2. The van der Waals surface area contributed by atoms with Crippen LogP contribution in [0.25, 0.3) is 0 Å². The third kappa shape index (κ3) is 6.92. The van der Waals surface area contributed by atoms with E-state index in [1.807, 2.05) is 13.8 Å². The number of hydrogen-bond acceptors (Lipinski definition) is 3. The van der Waals surface area contributed by atoms with E-state index in [2.05, 4.69) is 11.9 Å². The molecule has 1 atom stereocenters. The summed E-state index contributed by atoms with van der Waals surface area (Å²) in [6.07, 6.45) is -0.0696. The average Bonchev–Trinajstić information content (AvgIpc) is 2.32. The van der Waals surface area contributed by atoms with Crippen LogP contribution in [-0.4, -0.2) is 47.9 Å². The maximum atomic E-state index is 11.7. The van der Waals surface area contributed by atoms with Crippen LogP contribution < -0.4 is 5.32 Å². The fourth-order valence-corrected chi connectivity index (χ4v) is 1.64. The lowest BCUT2D eigenvalue weighted by atomic mass is 9.89. The van der Waals surface area contributed by atoms with Crippen LogP contribution in [0.5, 0.6) is 0 Å². The van der Waals surface area contributed by atoms with Crippen molar-refractivity contribution < 1.29 is 19.5 Å². The second-order valence-corrected chi connectivity index (χ2v) is 5.20. The standard InChI is InChI=1S/C14H24N2O4/c1-9(2)10(3)12(6-14(19)20)7-15-13(18)8-16(5)11(4)17/h9,12H,3,6-8H2,1-2,4-5H3,(H,15,18)(H,19,20). The normalized spacial score (nSPS) is 11.8. The highest BCUT2D eigenvalue weighted by Gasteiger charge is 2.20. The van der Waals surface area contributed by atoms with Crippen molar-refractivity contribution in [1.29, 1.82) is 0 Å². The Balaban J connectivity index is 4.46.